The van der Waals surface area contributed by atoms with E-state index in [1.807, 2.05) is 6.07 Å². The number of thiocarbonyl (C=S) groups is 1. The van der Waals surface area contributed by atoms with E-state index in [9.17, 15) is 5.11 Å². The van der Waals surface area contributed by atoms with Gasteiger partial charge in [-0.2, -0.15) is 5.26 Å². The Bertz CT molecular complexity index is 477. The molecule has 1 aromatic carbocycles. The summed E-state index contributed by atoms with van der Waals surface area (Å²) in [4.78, 5) is 0.0293. The highest BCUT2D eigenvalue weighted by Gasteiger charge is 2.02. The Morgan fingerprint density at radius 2 is 2.27 bits per heavy atom. The zero-order valence-corrected chi connectivity index (χ0v) is 9.14. The maximum atomic E-state index is 9.18. The molecule has 76 valence electrons. The number of phenols is 1. The Morgan fingerprint density at radius 3 is 2.73 bits per heavy atom. The minimum Gasteiger partial charge on any atom is -0.506 e. The van der Waals surface area contributed by atoms with Gasteiger partial charge in [-0.25, -0.2) is 0 Å². The highest BCUT2D eigenvalue weighted by molar-refractivity contribution is 7.80. The van der Waals surface area contributed by atoms with Crippen molar-refractivity contribution < 1.29 is 5.11 Å². The Morgan fingerprint density at radius 1 is 1.60 bits per heavy atom. The summed E-state index contributed by atoms with van der Waals surface area (Å²) < 4.78 is 0. The first kappa shape index (κ1) is 11.5. The zero-order valence-electron chi connectivity index (χ0n) is 7.57. The minimum absolute atomic E-state index is 0.0114. The third-order valence-corrected chi connectivity index (χ3v) is 2.19. The van der Waals surface area contributed by atoms with E-state index in [0.29, 0.717) is 5.56 Å². The molecular weight excluding hydrogens is 232 g/mol. The lowest BCUT2D eigenvalue weighted by molar-refractivity contribution is 0.475. The highest BCUT2D eigenvalue weighted by Crippen LogP contribution is 2.24. The smallest absolute Gasteiger partial charge is 0.134 e. The number of nitrogens with zero attached hydrogens (tertiary/aromatic N) is 1. The van der Waals surface area contributed by atoms with E-state index in [2.05, 4.69) is 12.2 Å². The molecule has 0 spiro atoms. The summed E-state index contributed by atoms with van der Waals surface area (Å²) in [6, 6.07) is 6.43. The van der Waals surface area contributed by atoms with Gasteiger partial charge in [-0.3, -0.25) is 0 Å². The summed E-state index contributed by atoms with van der Waals surface area (Å²) in [6.07, 6.45) is 1.51. The number of hydrogen-bond donors (Lipinski definition) is 2. The zero-order chi connectivity index (χ0) is 11.4. The third-order valence-electron chi connectivity index (χ3n) is 1.67. The van der Waals surface area contributed by atoms with Crippen LogP contribution in [0, 0.1) is 11.3 Å². The molecule has 3 N–H and O–H groups in total. The molecule has 0 saturated heterocycles. The number of benzene rings is 1. The van der Waals surface area contributed by atoms with Crippen LogP contribution < -0.4 is 5.73 Å². The Kier molecular flexibility index (Phi) is 3.67. The maximum Gasteiger partial charge on any atom is 0.134 e. The predicted molar refractivity (Wildman–Crippen MR) is 63.5 cm³/mol. The molecule has 0 saturated carbocycles. The first-order valence-corrected chi connectivity index (χ1v) is 4.73. The number of phenolic OH excluding ortho intramolecular Hbond substituents is 1. The number of aromatic hydroxyl groups is 1. The van der Waals surface area contributed by atoms with Gasteiger partial charge in [0, 0.05) is 0 Å². The Labute approximate surface area is 97.4 Å². The molecule has 5 heteroatoms. The number of rotatable bonds is 2. The number of halogens is 1. The summed E-state index contributed by atoms with van der Waals surface area (Å²) in [5.74, 6) is -0.0114. The fraction of sp³-hybridized carbons (Fsp3) is 0. The summed E-state index contributed by atoms with van der Waals surface area (Å²) in [6.45, 7) is 0. The second kappa shape index (κ2) is 4.78. The lowest BCUT2D eigenvalue weighted by atomic mass is 10.1. The molecule has 1 aromatic rings. The van der Waals surface area contributed by atoms with Crippen LogP contribution in [0.5, 0.6) is 5.75 Å². The maximum absolute atomic E-state index is 9.18. The van der Waals surface area contributed by atoms with Crippen LogP contribution >= 0.6 is 23.8 Å². The summed E-state index contributed by atoms with van der Waals surface area (Å²) in [5, 5.41) is 18.1. The van der Waals surface area contributed by atoms with E-state index in [4.69, 9.17) is 22.6 Å². The standard InChI is InChI=1S/C10H7ClN2OS/c11-8-4-6(1-2-9(8)14)3-7(5-12)10(13)15/h1-4,14H,(H2,13,15)/b7-3+. The molecule has 0 aliphatic rings. The van der Waals surface area contributed by atoms with E-state index in [0.717, 1.165) is 0 Å². The van der Waals surface area contributed by atoms with Gasteiger partial charge >= 0.3 is 0 Å². The van der Waals surface area contributed by atoms with Crippen molar-refractivity contribution in [2.45, 2.75) is 0 Å². The van der Waals surface area contributed by atoms with Gasteiger partial charge in [-0.1, -0.05) is 29.9 Å². The quantitative estimate of drug-likeness (QED) is 0.471. The van der Waals surface area contributed by atoms with Crippen LogP contribution in [0.3, 0.4) is 0 Å². The first-order chi connectivity index (χ1) is 7.04. The van der Waals surface area contributed by atoms with Crippen LogP contribution in [-0.4, -0.2) is 10.1 Å². The van der Waals surface area contributed by atoms with Crippen molar-refractivity contribution in [3.8, 4) is 11.8 Å². The van der Waals surface area contributed by atoms with Gasteiger partial charge in [0.25, 0.3) is 0 Å². The van der Waals surface area contributed by atoms with Gasteiger partial charge in [0.05, 0.1) is 10.6 Å². The molecule has 0 fully saturated rings. The predicted octanol–water partition coefficient (Wildman–Crippen LogP) is 2.24. The van der Waals surface area contributed by atoms with E-state index in [1.54, 1.807) is 6.07 Å². The minimum atomic E-state index is -0.0114. The molecule has 0 amide bonds. The van der Waals surface area contributed by atoms with E-state index >= 15 is 0 Å². The Balaban J connectivity index is 3.14. The highest BCUT2D eigenvalue weighted by atomic mass is 35.5. The van der Waals surface area contributed by atoms with E-state index < -0.39 is 0 Å². The first-order valence-electron chi connectivity index (χ1n) is 3.94. The number of nitrogens with two attached hydrogens (primary N) is 1. The topological polar surface area (TPSA) is 70.0 Å². The van der Waals surface area contributed by atoms with Crippen molar-refractivity contribution >= 4 is 34.9 Å². The molecule has 15 heavy (non-hydrogen) atoms. The SMILES string of the molecule is N#C/C(=C\c1ccc(O)c(Cl)c1)C(N)=S. The average molecular weight is 239 g/mol. The van der Waals surface area contributed by atoms with Gasteiger partial charge in [-0.15, -0.1) is 0 Å². The van der Waals surface area contributed by atoms with Crippen LogP contribution in [-0.2, 0) is 0 Å². The van der Waals surface area contributed by atoms with Gasteiger partial charge < -0.3 is 10.8 Å². The van der Waals surface area contributed by atoms with E-state index in [1.165, 1.54) is 18.2 Å². The largest absolute Gasteiger partial charge is 0.506 e. The molecule has 0 heterocycles. The molecule has 1 rings (SSSR count). The third kappa shape index (κ3) is 2.94. The van der Waals surface area contributed by atoms with Gasteiger partial charge in [-0.05, 0) is 23.8 Å². The van der Waals surface area contributed by atoms with Crippen LogP contribution in [0.4, 0.5) is 0 Å². The molecular formula is C10H7ClN2OS. The molecule has 0 unspecified atom stereocenters. The van der Waals surface area contributed by atoms with E-state index in [-0.39, 0.29) is 21.3 Å². The van der Waals surface area contributed by atoms with Crippen LogP contribution in [0.2, 0.25) is 5.02 Å². The molecule has 0 aliphatic heterocycles. The van der Waals surface area contributed by atoms with Gasteiger partial charge in [0.1, 0.15) is 16.8 Å². The summed E-state index contributed by atoms with van der Waals surface area (Å²) in [7, 11) is 0. The summed E-state index contributed by atoms with van der Waals surface area (Å²) in [5.41, 5.74) is 6.18. The lowest BCUT2D eigenvalue weighted by Gasteiger charge is -1.99. The van der Waals surface area contributed by atoms with Crippen molar-refractivity contribution in [2.75, 3.05) is 0 Å². The molecule has 3 nitrogen and oxygen atoms in total. The second-order valence-electron chi connectivity index (χ2n) is 2.74. The van der Waals surface area contributed by atoms with Crippen molar-refractivity contribution in [3.05, 3.63) is 34.4 Å². The van der Waals surface area contributed by atoms with Crippen molar-refractivity contribution in [2.24, 2.45) is 5.73 Å². The van der Waals surface area contributed by atoms with Crippen LogP contribution in [0.15, 0.2) is 23.8 Å². The van der Waals surface area contributed by atoms with Crippen molar-refractivity contribution in [3.63, 3.8) is 0 Å². The van der Waals surface area contributed by atoms with Gasteiger partial charge in [0.15, 0.2) is 0 Å². The molecule has 0 radical (unpaired) electrons. The Hall–Kier alpha value is -1.57. The average Bonchev–Trinajstić information content (AvgIpc) is 2.19. The monoisotopic (exact) mass is 238 g/mol. The lowest BCUT2D eigenvalue weighted by Crippen LogP contribution is -2.09. The van der Waals surface area contributed by atoms with Crippen molar-refractivity contribution in [1.29, 1.82) is 5.26 Å². The second-order valence-corrected chi connectivity index (χ2v) is 3.59. The van der Waals surface area contributed by atoms with Gasteiger partial charge in [0.2, 0.25) is 0 Å². The summed E-state index contributed by atoms with van der Waals surface area (Å²) >= 11 is 10.4. The van der Waals surface area contributed by atoms with Crippen molar-refractivity contribution in [1.82, 2.24) is 0 Å². The normalized spacial score (nSPS) is 10.8. The fourth-order valence-electron chi connectivity index (χ4n) is 0.938. The van der Waals surface area contributed by atoms with Crippen LogP contribution in [0.1, 0.15) is 5.56 Å². The molecule has 0 aromatic heterocycles. The number of nitriles is 1. The molecule has 0 aliphatic carbocycles. The molecule has 0 atom stereocenters. The number of hydrogen-bond acceptors (Lipinski definition) is 3. The van der Waals surface area contributed by atoms with Crippen LogP contribution in [0.25, 0.3) is 6.08 Å². The fourth-order valence-corrected chi connectivity index (χ4v) is 1.23. The molecule has 0 bridgehead atoms.